The fourth-order valence-corrected chi connectivity index (χ4v) is 5.31. The van der Waals surface area contributed by atoms with E-state index in [1.54, 1.807) is 18.2 Å². The molecule has 1 saturated heterocycles. The fraction of sp³-hybridized carbons (Fsp3) is 0.429. The molecule has 27 heavy (non-hydrogen) atoms. The second-order valence-corrected chi connectivity index (χ2v) is 7.94. The second-order valence-electron chi connectivity index (χ2n) is 7.94. The van der Waals surface area contributed by atoms with Gasteiger partial charge in [-0.05, 0) is 49.1 Å². The molecule has 2 bridgehead atoms. The lowest BCUT2D eigenvalue weighted by Gasteiger charge is -2.37. The van der Waals surface area contributed by atoms with Crippen LogP contribution in [0.25, 0.3) is 0 Å². The van der Waals surface area contributed by atoms with Gasteiger partial charge in [-0.1, -0.05) is 24.3 Å². The zero-order valence-corrected chi connectivity index (χ0v) is 14.8. The number of benzene rings is 1. The maximum atomic E-state index is 12.9. The first-order valence-electron chi connectivity index (χ1n) is 9.31. The number of esters is 1. The van der Waals surface area contributed by atoms with Crippen LogP contribution in [0.1, 0.15) is 23.7 Å². The van der Waals surface area contributed by atoms with E-state index in [1.165, 1.54) is 13.0 Å². The minimum Gasteiger partial charge on any atom is -0.424 e. The van der Waals surface area contributed by atoms with Crippen molar-refractivity contribution in [3.05, 3.63) is 42.0 Å². The molecule has 4 aliphatic carbocycles. The Bertz CT molecular complexity index is 883. The lowest BCUT2D eigenvalue weighted by atomic mass is 9.63. The summed E-state index contributed by atoms with van der Waals surface area (Å²) in [5.74, 6) is -0.662. The van der Waals surface area contributed by atoms with Crippen LogP contribution in [0.5, 0.6) is 5.75 Å². The summed E-state index contributed by atoms with van der Waals surface area (Å²) < 4.78 is 5.30. The number of Topliss-reactive ketones (excluding diaryl/α,β-unsaturated/α-hetero) is 1. The van der Waals surface area contributed by atoms with Crippen LogP contribution in [0.15, 0.2) is 36.4 Å². The minimum absolute atomic E-state index is 0.126. The number of carbonyl (C=O) groups is 4. The largest absolute Gasteiger partial charge is 0.424 e. The standard InChI is InChI=1S/C21H19NO5/c1-10(23)11-4-2-3-5-16(11)27-17(24)9-22-20(25)18-12-6-7-13(15-8-14(12)15)19(18)21(22)26/h2-7,12-15,18-19H,8-9H2,1H3/t12-,13+,14-,15-,18+,19+/m1/s1. The zero-order valence-electron chi connectivity index (χ0n) is 14.8. The maximum Gasteiger partial charge on any atom is 0.331 e. The summed E-state index contributed by atoms with van der Waals surface area (Å²) in [7, 11) is 0. The van der Waals surface area contributed by atoms with Crippen LogP contribution >= 0.6 is 0 Å². The van der Waals surface area contributed by atoms with Crippen LogP contribution in [0, 0.1) is 35.5 Å². The van der Waals surface area contributed by atoms with E-state index < -0.39 is 12.5 Å². The van der Waals surface area contributed by atoms with Gasteiger partial charge in [0.15, 0.2) is 5.78 Å². The third kappa shape index (κ3) is 2.32. The summed E-state index contributed by atoms with van der Waals surface area (Å²) >= 11 is 0. The molecule has 0 radical (unpaired) electrons. The summed E-state index contributed by atoms with van der Waals surface area (Å²) in [6, 6.07) is 6.44. The molecular weight excluding hydrogens is 346 g/mol. The molecule has 1 aromatic carbocycles. The molecule has 0 unspecified atom stereocenters. The maximum absolute atomic E-state index is 12.9. The normalized spacial score (nSPS) is 35.1. The van der Waals surface area contributed by atoms with Crippen LogP contribution in [0.4, 0.5) is 0 Å². The van der Waals surface area contributed by atoms with Crippen molar-refractivity contribution in [3.8, 4) is 5.75 Å². The van der Waals surface area contributed by atoms with Crippen LogP contribution in [0.2, 0.25) is 0 Å². The van der Waals surface area contributed by atoms with Gasteiger partial charge in [0.1, 0.15) is 12.3 Å². The molecule has 1 heterocycles. The lowest BCUT2D eigenvalue weighted by molar-refractivity contribution is -0.148. The van der Waals surface area contributed by atoms with E-state index >= 15 is 0 Å². The molecule has 6 heteroatoms. The molecule has 0 N–H and O–H groups in total. The number of carbonyl (C=O) groups excluding carboxylic acids is 4. The SMILES string of the molecule is CC(=O)c1ccccc1OC(=O)CN1C(=O)[C@H]2[C@@H]3C=C[C@@H]([C@H]4C[C@H]34)[C@@H]2C1=O. The van der Waals surface area contributed by atoms with E-state index in [0.29, 0.717) is 17.4 Å². The molecule has 2 saturated carbocycles. The highest BCUT2D eigenvalue weighted by Crippen LogP contribution is 2.65. The monoisotopic (exact) mass is 365 g/mol. The number of imide groups is 1. The van der Waals surface area contributed by atoms with E-state index in [-0.39, 0.29) is 47.0 Å². The molecule has 6 rings (SSSR count). The van der Waals surface area contributed by atoms with Crippen LogP contribution in [-0.4, -0.2) is 35.0 Å². The number of likely N-dealkylation sites (tertiary alicyclic amines) is 1. The first kappa shape index (κ1) is 16.4. The van der Waals surface area contributed by atoms with E-state index in [1.807, 2.05) is 0 Å². The Balaban J connectivity index is 1.34. The summed E-state index contributed by atoms with van der Waals surface area (Å²) in [4.78, 5) is 50.9. The van der Waals surface area contributed by atoms with Gasteiger partial charge in [0, 0.05) is 0 Å². The van der Waals surface area contributed by atoms with Gasteiger partial charge in [-0.15, -0.1) is 0 Å². The zero-order chi connectivity index (χ0) is 18.9. The van der Waals surface area contributed by atoms with Gasteiger partial charge in [-0.2, -0.15) is 0 Å². The molecule has 3 fully saturated rings. The van der Waals surface area contributed by atoms with E-state index in [2.05, 4.69) is 12.2 Å². The Labute approximate surface area is 156 Å². The van der Waals surface area contributed by atoms with Gasteiger partial charge in [0.25, 0.3) is 0 Å². The van der Waals surface area contributed by atoms with Crippen LogP contribution in [0.3, 0.4) is 0 Å². The third-order valence-electron chi connectivity index (χ3n) is 6.53. The highest BCUT2D eigenvalue weighted by atomic mass is 16.5. The van der Waals surface area contributed by atoms with E-state index in [0.717, 1.165) is 11.3 Å². The van der Waals surface area contributed by atoms with Gasteiger partial charge in [-0.25, -0.2) is 4.79 Å². The minimum atomic E-state index is -0.713. The van der Waals surface area contributed by atoms with Crippen molar-refractivity contribution in [1.29, 1.82) is 0 Å². The molecule has 0 spiro atoms. The van der Waals surface area contributed by atoms with Crippen LogP contribution < -0.4 is 4.74 Å². The molecule has 6 atom stereocenters. The Kier molecular flexibility index (Phi) is 3.41. The number of hydrogen-bond donors (Lipinski definition) is 0. The number of hydrogen-bond acceptors (Lipinski definition) is 5. The average Bonchev–Trinajstić information content (AvgIpc) is 3.43. The van der Waals surface area contributed by atoms with Crippen molar-refractivity contribution >= 4 is 23.6 Å². The highest BCUT2D eigenvalue weighted by molar-refractivity contribution is 6.08. The molecular formula is C21H19NO5. The molecule has 1 aromatic rings. The molecule has 0 aromatic heterocycles. The van der Waals surface area contributed by atoms with Crippen LogP contribution in [-0.2, 0) is 14.4 Å². The molecule has 2 amide bonds. The third-order valence-corrected chi connectivity index (χ3v) is 6.53. The van der Waals surface area contributed by atoms with Gasteiger partial charge < -0.3 is 4.74 Å². The summed E-state index contributed by atoms with van der Waals surface area (Å²) in [6.45, 7) is 0.977. The summed E-state index contributed by atoms with van der Waals surface area (Å²) in [5, 5.41) is 0. The van der Waals surface area contributed by atoms with Crippen molar-refractivity contribution in [2.45, 2.75) is 13.3 Å². The Morgan fingerprint density at radius 1 is 1.04 bits per heavy atom. The smallest absolute Gasteiger partial charge is 0.331 e. The Morgan fingerprint density at radius 2 is 1.63 bits per heavy atom. The number of para-hydroxylation sites is 1. The molecule has 138 valence electrons. The predicted molar refractivity (Wildman–Crippen MR) is 93.5 cm³/mol. The van der Waals surface area contributed by atoms with Crippen molar-refractivity contribution in [2.24, 2.45) is 35.5 Å². The lowest BCUT2D eigenvalue weighted by Crippen LogP contribution is -2.40. The highest BCUT2D eigenvalue weighted by Gasteiger charge is 2.67. The topological polar surface area (TPSA) is 80.8 Å². The van der Waals surface area contributed by atoms with Crippen molar-refractivity contribution in [3.63, 3.8) is 0 Å². The van der Waals surface area contributed by atoms with Gasteiger partial charge in [-0.3, -0.25) is 19.3 Å². The predicted octanol–water partition coefficient (Wildman–Crippen LogP) is 1.85. The number of ether oxygens (including phenoxy) is 1. The second kappa shape index (κ2) is 5.62. The molecule has 6 nitrogen and oxygen atoms in total. The number of nitrogens with zero attached hydrogens (tertiary/aromatic N) is 1. The number of rotatable bonds is 4. The number of allylic oxidation sites excluding steroid dienone is 2. The van der Waals surface area contributed by atoms with Gasteiger partial charge in [0.05, 0.1) is 17.4 Å². The number of ketones is 1. The molecule has 1 aliphatic heterocycles. The molecule has 5 aliphatic rings. The first-order valence-corrected chi connectivity index (χ1v) is 9.31. The van der Waals surface area contributed by atoms with Crippen molar-refractivity contribution in [1.82, 2.24) is 4.90 Å². The average molecular weight is 365 g/mol. The summed E-state index contributed by atoms with van der Waals surface area (Å²) in [5.41, 5.74) is 0.293. The van der Waals surface area contributed by atoms with E-state index in [9.17, 15) is 19.2 Å². The first-order chi connectivity index (χ1) is 13.0. The van der Waals surface area contributed by atoms with Gasteiger partial charge in [0.2, 0.25) is 11.8 Å². The quantitative estimate of drug-likeness (QED) is 0.267. The van der Waals surface area contributed by atoms with E-state index in [4.69, 9.17) is 4.74 Å². The van der Waals surface area contributed by atoms with Crippen molar-refractivity contribution < 1.29 is 23.9 Å². The van der Waals surface area contributed by atoms with Gasteiger partial charge >= 0.3 is 5.97 Å². The fourth-order valence-electron chi connectivity index (χ4n) is 5.31. The number of amides is 2. The van der Waals surface area contributed by atoms with Crippen molar-refractivity contribution in [2.75, 3.05) is 6.54 Å². The summed E-state index contributed by atoms with van der Waals surface area (Å²) in [6.07, 6.45) is 5.28. The Hall–Kier alpha value is -2.76. The Morgan fingerprint density at radius 3 is 2.22 bits per heavy atom.